The van der Waals surface area contributed by atoms with Crippen LogP contribution in [0.4, 0.5) is 0 Å². The van der Waals surface area contributed by atoms with E-state index in [4.69, 9.17) is 15.7 Å². The SMILES string of the molecule is [B]C(C([B])P(C)C(C)(C)C)P(C)C(C)(C)C. The van der Waals surface area contributed by atoms with Crippen molar-refractivity contribution in [3.8, 4) is 0 Å². The van der Waals surface area contributed by atoms with Crippen LogP contribution in [0.3, 0.4) is 0 Å². The fourth-order valence-electron chi connectivity index (χ4n) is 1.35. The van der Waals surface area contributed by atoms with E-state index in [1.54, 1.807) is 0 Å². The maximum atomic E-state index is 6.36. The molecule has 0 saturated heterocycles. The van der Waals surface area contributed by atoms with Crippen LogP contribution >= 0.6 is 15.8 Å². The zero-order chi connectivity index (χ0) is 13.3. The largest absolute Gasteiger partial charge is 0.110 e. The molecule has 0 saturated carbocycles. The average molecular weight is 254 g/mol. The molecule has 0 heterocycles. The molecular weight excluding hydrogens is 228 g/mol. The summed E-state index contributed by atoms with van der Waals surface area (Å²) in [6.45, 7) is 18.2. The molecule has 90 valence electrons. The van der Waals surface area contributed by atoms with Gasteiger partial charge >= 0.3 is 0 Å². The fraction of sp³-hybridized carbons (Fsp3) is 1.00. The Balaban J connectivity index is 4.68. The van der Waals surface area contributed by atoms with Crippen LogP contribution in [0.25, 0.3) is 0 Å². The molecule has 4 atom stereocenters. The lowest BCUT2D eigenvalue weighted by Crippen LogP contribution is -2.33. The molecule has 0 aliphatic heterocycles. The highest BCUT2D eigenvalue weighted by atomic mass is 31.1. The highest BCUT2D eigenvalue weighted by Gasteiger charge is 2.33. The van der Waals surface area contributed by atoms with Gasteiger partial charge in [-0.2, -0.15) is 0 Å². The Hall–Kier alpha value is 0.990. The number of rotatable bonds is 3. The van der Waals surface area contributed by atoms with Gasteiger partial charge in [0, 0.05) is 0 Å². The molecule has 0 aromatic carbocycles. The van der Waals surface area contributed by atoms with E-state index in [0.29, 0.717) is 10.3 Å². The van der Waals surface area contributed by atoms with E-state index in [9.17, 15) is 0 Å². The van der Waals surface area contributed by atoms with Crippen molar-refractivity contribution in [2.45, 2.75) is 63.0 Å². The molecule has 0 nitrogen and oxygen atoms in total. The lowest BCUT2D eigenvalue weighted by Gasteiger charge is -2.43. The minimum Gasteiger partial charge on any atom is -0.110 e. The van der Waals surface area contributed by atoms with E-state index in [1.165, 1.54) is 0 Å². The summed E-state index contributed by atoms with van der Waals surface area (Å²) in [5.41, 5.74) is 0.315. The van der Waals surface area contributed by atoms with Crippen LogP contribution in [0.5, 0.6) is 0 Å². The van der Waals surface area contributed by atoms with Gasteiger partial charge in [0.05, 0.1) is 15.7 Å². The molecule has 0 aromatic rings. The van der Waals surface area contributed by atoms with Gasteiger partial charge in [-0.25, -0.2) is 0 Å². The third kappa shape index (κ3) is 4.70. The van der Waals surface area contributed by atoms with Crippen LogP contribution in [0, 0.1) is 0 Å². The van der Waals surface area contributed by atoms with Crippen molar-refractivity contribution in [3.05, 3.63) is 0 Å². The zero-order valence-electron chi connectivity index (χ0n) is 12.2. The highest BCUT2D eigenvalue weighted by molar-refractivity contribution is 7.65. The van der Waals surface area contributed by atoms with Crippen LogP contribution in [-0.2, 0) is 0 Å². The summed E-state index contributed by atoms with van der Waals surface area (Å²) < 4.78 is 0. The second-order valence-electron chi connectivity index (χ2n) is 6.54. The predicted molar refractivity (Wildman–Crippen MR) is 84.3 cm³/mol. The molecule has 0 amide bonds. The Morgan fingerprint density at radius 1 is 0.688 bits per heavy atom. The van der Waals surface area contributed by atoms with Gasteiger partial charge in [0.2, 0.25) is 0 Å². The first-order valence-electron chi connectivity index (χ1n) is 5.86. The van der Waals surface area contributed by atoms with Crippen molar-refractivity contribution in [3.63, 3.8) is 0 Å². The van der Waals surface area contributed by atoms with Crippen molar-refractivity contribution < 1.29 is 0 Å². The summed E-state index contributed by atoms with van der Waals surface area (Å²) in [7, 11) is 12.3. The first-order valence-corrected chi connectivity index (χ1v) is 9.57. The van der Waals surface area contributed by atoms with E-state index >= 15 is 0 Å². The Kier molecular flexibility index (Phi) is 6.11. The molecule has 0 aliphatic carbocycles. The Morgan fingerprint density at radius 3 is 1.00 bits per heavy atom. The van der Waals surface area contributed by atoms with Gasteiger partial charge in [-0.05, 0) is 23.6 Å². The summed E-state index contributed by atoms with van der Waals surface area (Å²) in [5, 5.41) is 0.584. The van der Waals surface area contributed by atoms with Gasteiger partial charge in [0.25, 0.3) is 0 Å². The van der Waals surface area contributed by atoms with Gasteiger partial charge in [-0.15, -0.1) is 15.8 Å². The minimum atomic E-state index is -0.233. The lowest BCUT2D eigenvalue weighted by atomic mass is 9.88. The maximum Gasteiger partial charge on any atom is 0.0761 e. The summed E-state index contributed by atoms with van der Waals surface area (Å²) in [5.74, 6) is 0. The van der Waals surface area contributed by atoms with E-state index in [-0.39, 0.29) is 27.0 Å². The van der Waals surface area contributed by atoms with Crippen molar-refractivity contribution in [2.75, 3.05) is 13.3 Å². The quantitative estimate of drug-likeness (QED) is 0.530. The number of hydrogen-bond donors (Lipinski definition) is 0. The predicted octanol–water partition coefficient (Wildman–Crippen LogP) is 3.80. The molecule has 4 radical (unpaired) electrons. The fourth-order valence-corrected chi connectivity index (χ4v) is 5.26. The van der Waals surface area contributed by atoms with Crippen molar-refractivity contribution >= 4 is 31.5 Å². The molecule has 0 aliphatic rings. The van der Waals surface area contributed by atoms with E-state index in [2.05, 4.69) is 54.9 Å². The second-order valence-corrected chi connectivity index (χ2v) is 12.9. The average Bonchev–Trinajstić information content (AvgIpc) is 2.10. The van der Waals surface area contributed by atoms with Gasteiger partial charge in [0.15, 0.2) is 0 Å². The van der Waals surface area contributed by atoms with E-state index in [0.717, 1.165) is 0 Å². The Bertz CT molecular complexity index is 194. The molecule has 0 fully saturated rings. The Morgan fingerprint density at radius 2 is 0.875 bits per heavy atom. The Labute approximate surface area is 108 Å². The minimum absolute atomic E-state index is 0.158. The van der Waals surface area contributed by atoms with Gasteiger partial charge in [-0.1, -0.05) is 52.7 Å². The van der Waals surface area contributed by atoms with Crippen molar-refractivity contribution in [1.29, 1.82) is 0 Å². The summed E-state index contributed by atoms with van der Waals surface area (Å²) >= 11 is 0. The van der Waals surface area contributed by atoms with Crippen LogP contribution in [0.1, 0.15) is 41.5 Å². The van der Waals surface area contributed by atoms with Gasteiger partial charge in [-0.3, -0.25) is 0 Å². The third-order valence-corrected chi connectivity index (χ3v) is 10.3. The van der Waals surface area contributed by atoms with Crippen LogP contribution in [0.15, 0.2) is 0 Å². The summed E-state index contributed by atoms with van der Waals surface area (Å²) in [4.78, 5) is 0. The van der Waals surface area contributed by atoms with Gasteiger partial charge in [0.1, 0.15) is 0 Å². The monoisotopic (exact) mass is 254 g/mol. The van der Waals surface area contributed by atoms with Crippen LogP contribution < -0.4 is 0 Å². The normalized spacial score (nSPS) is 21.2. The highest BCUT2D eigenvalue weighted by Crippen LogP contribution is 2.58. The van der Waals surface area contributed by atoms with E-state index < -0.39 is 0 Å². The molecule has 16 heavy (non-hydrogen) atoms. The summed E-state index contributed by atoms with van der Waals surface area (Å²) in [6.07, 6.45) is 0. The molecule has 0 N–H and O–H groups in total. The molecule has 0 aromatic heterocycles. The standard InChI is InChI=1S/C12H26B2P2/c1-11(2,3)15(7)9(13)10(14)16(8)12(4,5)6/h9-10H,1-8H3. The zero-order valence-corrected chi connectivity index (χ0v) is 14.0. The lowest BCUT2D eigenvalue weighted by molar-refractivity contribution is 0.770. The number of hydrogen-bond acceptors (Lipinski definition) is 0. The molecule has 0 rings (SSSR count). The topological polar surface area (TPSA) is 0 Å². The maximum absolute atomic E-state index is 6.36. The molecule has 4 unspecified atom stereocenters. The van der Waals surface area contributed by atoms with E-state index in [1.807, 2.05) is 0 Å². The van der Waals surface area contributed by atoms with Crippen molar-refractivity contribution in [1.82, 2.24) is 0 Å². The first-order chi connectivity index (χ1) is 6.89. The molecule has 4 heteroatoms. The van der Waals surface area contributed by atoms with Crippen LogP contribution in [-0.4, -0.2) is 50.5 Å². The van der Waals surface area contributed by atoms with Crippen LogP contribution in [0.2, 0.25) is 0 Å². The second kappa shape index (κ2) is 5.75. The third-order valence-electron chi connectivity index (χ3n) is 3.36. The smallest absolute Gasteiger partial charge is 0.0761 e. The molecule has 0 spiro atoms. The van der Waals surface area contributed by atoms with Crippen molar-refractivity contribution in [2.24, 2.45) is 0 Å². The summed E-state index contributed by atoms with van der Waals surface area (Å²) in [6, 6.07) is 0. The molecule has 0 bridgehead atoms. The van der Waals surface area contributed by atoms with Gasteiger partial charge < -0.3 is 0 Å². The first kappa shape index (κ1) is 17.0. The molecular formula is C12H26B2P2.